The van der Waals surface area contributed by atoms with Gasteiger partial charge in [0.15, 0.2) is 0 Å². The molecule has 1 fully saturated rings. The van der Waals surface area contributed by atoms with E-state index >= 15 is 0 Å². The zero-order valence-corrected chi connectivity index (χ0v) is 24.7. The van der Waals surface area contributed by atoms with Crippen LogP contribution >= 0.6 is 0 Å². The second-order valence-electron chi connectivity index (χ2n) is 11.3. The average molecular weight is 571 g/mol. The van der Waals surface area contributed by atoms with Crippen molar-refractivity contribution in [2.24, 2.45) is 5.41 Å². The van der Waals surface area contributed by atoms with Crippen molar-refractivity contribution in [3.63, 3.8) is 0 Å². The average Bonchev–Trinajstić information content (AvgIpc) is 3.46. The van der Waals surface area contributed by atoms with Crippen molar-refractivity contribution in [1.82, 2.24) is 9.55 Å². The van der Waals surface area contributed by atoms with Crippen LogP contribution in [0.2, 0.25) is 0 Å². The van der Waals surface area contributed by atoms with Crippen LogP contribution in [-0.4, -0.2) is 33.9 Å². The van der Waals surface area contributed by atoms with Gasteiger partial charge in [0, 0.05) is 40.5 Å². The molecule has 3 aromatic rings. The Labute approximate surface area is 240 Å². The highest BCUT2D eigenvalue weighted by Gasteiger charge is 2.66. The lowest BCUT2D eigenvalue weighted by Crippen LogP contribution is -2.51. The molecule has 8 heteroatoms. The zero-order valence-electron chi connectivity index (χ0n) is 24.7. The number of alkyl halides is 3. The van der Waals surface area contributed by atoms with E-state index in [1.807, 2.05) is 12.1 Å². The summed E-state index contributed by atoms with van der Waals surface area (Å²) in [5.41, 5.74) is 2.82. The molecule has 3 atom stereocenters. The Kier molecular flexibility index (Phi) is 9.19. The van der Waals surface area contributed by atoms with Crippen molar-refractivity contribution >= 4 is 16.9 Å². The van der Waals surface area contributed by atoms with Gasteiger partial charge >= 0.3 is 12.1 Å². The number of carbonyl (C=O) groups is 1. The summed E-state index contributed by atoms with van der Waals surface area (Å²) in [5, 5.41) is 0.990. The molecule has 1 saturated carbocycles. The van der Waals surface area contributed by atoms with E-state index in [1.54, 1.807) is 6.07 Å². The molecule has 3 unspecified atom stereocenters. The highest BCUT2D eigenvalue weighted by molar-refractivity contribution is 5.89. The molecule has 0 aliphatic heterocycles. The summed E-state index contributed by atoms with van der Waals surface area (Å²) in [7, 11) is 0. The largest absolute Gasteiger partial charge is 0.489 e. The highest BCUT2D eigenvalue weighted by Crippen LogP contribution is 2.53. The van der Waals surface area contributed by atoms with Gasteiger partial charge in [-0.2, -0.15) is 13.2 Å². The Morgan fingerprint density at radius 3 is 2.44 bits per heavy atom. The fourth-order valence-corrected chi connectivity index (χ4v) is 5.77. The minimum Gasteiger partial charge on any atom is -0.489 e. The maximum Gasteiger partial charge on any atom is 0.401 e. The van der Waals surface area contributed by atoms with Crippen LogP contribution in [0.5, 0.6) is 5.75 Å². The zero-order chi connectivity index (χ0) is 29.9. The molecule has 0 radical (unpaired) electrons. The molecule has 2 aromatic heterocycles. The van der Waals surface area contributed by atoms with Crippen LogP contribution in [0.1, 0.15) is 78.1 Å². The van der Waals surface area contributed by atoms with E-state index in [0.29, 0.717) is 5.75 Å². The van der Waals surface area contributed by atoms with Gasteiger partial charge < -0.3 is 14.0 Å². The van der Waals surface area contributed by atoms with E-state index in [2.05, 4.69) is 50.1 Å². The van der Waals surface area contributed by atoms with Crippen molar-refractivity contribution < 1.29 is 27.4 Å². The number of aryl methyl sites for hydroxylation is 3. The van der Waals surface area contributed by atoms with Crippen LogP contribution in [-0.2, 0) is 28.9 Å². The van der Waals surface area contributed by atoms with E-state index in [9.17, 15) is 18.0 Å². The van der Waals surface area contributed by atoms with Crippen molar-refractivity contribution in [3.8, 4) is 17.0 Å². The number of hydrogen-bond acceptors (Lipinski definition) is 4. The van der Waals surface area contributed by atoms with E-state index in [4.69, 9.17) is 14.5 Å². The van der Waals surface area contributed by atoms with Gasteiger partial charge in [-0.25, -0.2) is 4.79 Å². The normalized spacial score (nSPS) is 20.9. The number of carbonyl (C=O) groups excluding carboxylic acids is 1. The van der Waals surface area contributed by atoms with Gasteiger partial charge in [0.25, 0.3) is 0 Å². The summed E-state index contributed by atoms with van der Waals surface area (Å²) >= 11 is 0. The van der Waals surface area contributed by atoms with E-state index in [1.165, 1.54) is 6.92 Å². The number of fused-ring (bicyclic) bond motifs is 1. The third kappa shape index (κ3) is 6.02. The van der Waals surface area contributed by atoms with Crippen molar-refractivity contribution in [2.45, 2.75) is 104 Å². The lowest BCUT2D eigenvalue weighted by molar-refractivity contribution is -0.262. The predicted molar refractivity (Wildman–Crippen MR) is 156 cm³/mol. The number of rotatable bonds is 11. The summed E-state index contributed by atoms with van der Waals surface area (Å²) in [6.07, 6.45) is -2.25. The maximum atomic E-state index is 14.5. The quantitative estimate of drug-likeness (QED) is 0.132. The molecule has 5 nitrogen and oxygen atoms in total. The molecule has 0 N–H and O–H groups in total. The summed E-state index contributed by atoms with van der Waals surface area (Å²) in [5.74, 6) is -0.459. The first-order chi connectivity index (χ1) is 19.4. The second kappa shape index (κ2) is 12.3. The molecule has 0 spiro atoms. The highest BCUT2D eigenvalue weighted by atomic mass is 19.4. The molecule has 0 amide bonds. The SMILES string of the molecule is C=C(C)C(=O)OC1CCC(Oc2ccc3cc(-c4ccc(CC)nc4CC)n(CCCCC)c3c2)C1(C)C(F)(F)F. The first-order valence-electron chi connectivity index (χ1n) is 14.7. The molecule has 1 aliphatic carbocycles. The molecule has 222 valence electrons. The topological polar surface area (TPSA) is 53.4 Å². The summed E-state index contributed by atoms with van der Waals surface area (Å²) in [6, 6.07) is 11.8. The standard InChI is InChI=1S/C33H41F3N2O3/c1-7-10-11-18-38-27-20-24(14-12-22(27)19-28(38)25-15-13-23(8-2)37-26(25)9-3)40-29-16-17-30(41-31(39)21(4)5)32(29,6)33(34,35)36/h12-15,19-20,29-30H,4,7-11,16-18H2,1-3,5-6H3. The molecule has 1 aliphatic rings. The number of hydrogen-bond donors (Lipinski definition) is 0. The van der Waals surface area contributed by atoms with Gasteiger partial charge in [0.2, 0.25) is 0 Å². The fraction of sp³-hybridized carbons (Fsp3) is 0.515. The van der Waals surface area contributed by atoms with E-state index in [0.717, 1.165) is 79.1 Å². The van der Waals surface area contributed by atoms with Gasteiger partial charge in [-0.15, -0.1) is 0 Å². The first kappa shape index (κ1) is 30.7. The van der Waals surface area contributed by atoms with Crippen molar-refractivity contribution in [3.05, 3.63) is 59.9 Å². The number of halogens is 3. The number of pyridine rings is 1. The Balaban J connectivity index is 1.73. The number of esters is 1. The van der Waals surface area contributed by atoms with Crippen LogP contribution < -0.4 is 4.74 Å². The Morgan fingerprint density at radius 2 is 1.80 bits per heavy atom. The maximum absolute atomic E-state index is 14.5. The molecule has 4 rings (SSSR count). The molecule has 0 bridgehead atoms. The molecular weight excluding hydrogens is 529 g/mol. The fourth-order valence-electron chi connectivity index (χ4n) is 5.77. The van der Waals surface area contributed by atoms with Crippen LogP contribution in [0.4, 0.5) is 13.2 Å². The number of unbranched alkanes of at least 4 members (excludes halogenated alkanes) is 2. The van der Waals surface area contributed by atoms with Crippen LogP contribution in [0.3, 0.4) is 0 Å². The lowest BCUT2D eigenvalue weighted by atomic mass is 9.83. The predicted octanol–water partition coefficient (Wildman–Crippen LogP) is 8.62. The van der Waals surface area contributed by atoms with Gasteiger partial charge in [0.05, 0.1) is 11.2 Å². The number of ether oxygens (including phenoxy) is 2. The first-order valence-corrected chi connectivity index (χ1v) is 14.7. The Bertz CT molecular complexity index is 1410. The van der Waals surface area contributed by atoms with Crippen molar-refractivity contribution in [1.29, 1.82) is 0 Å². The lowest BCUT2D eigenvalue weighted by Gasteiger charge is -2.37. The van der Waals surface area contributed by atoms with Gasteiger partial charge in [-0.1, -0.05) is 40.2 Å². The summed E-state index contributed by atoms with van der Waals surface area (Å²) in [4.78, 5) is 17.0. The van der Waals surface area contributed by atoms with E-state index in [-0.39, 0.29) is 18.4 Å². The van der Waals surface area contributed by atoms with Gasteiger partial charge in [-0.3, -0.25) is 4.98 Å². The van der Waals surface area contributed by atoms with Crippen LogP contribution in [0, 0.1) is 5.41 Å². The van der Waals surface area contributed by atoms with Crippen molar-refractivity contribution in [2.75, 3.05) is 0 Å². The van der Waals surface area contributed by atoms with Crippen LogP contribution in [0.15, 0.2) is 48.6 Å². The molecule has 2 heterocycles. The number of nitrogens with zero attached hydrogens (tertiary/aromatic N) is 2. The minimum absolute atomic E-state index is 0.0556. The van der Waals surface area contributed by atoms with Crippen LogP contribution in [0.25, 0.3) is 22.2 Å². The Hall–Kier alpha value is -3.29. The molecule has 41 heavy (non-hydrogen) atoms. The monoisotopic (exact) mass is 570 g/mol. The molecule has 1 aromatic carbocycles. The smallest absolute Gasteiger partial charge is 0.401 e. The van der Waals surface area contributed by atoms with E-state index < -0.39 is 29.8 Å². The number of aromatic nitrogens is 2. The third-order valence-corrected chi connectivity index (χ3v) is 8.38. The third-order valence-electron chi connectivity index (χ3n) is 8.38. The van der Waals surface area contributed by atoms with Gasteiger partial charge in [-0.05, 0) is 76.3 Å². The molecular formula is C33H41F3N2O3. The Morgan fingerprint density at radius 1 is 1.07 bits per heavy atom. The summed E-state index contributed by atoms with van der Waals surface area (Å²) < 4.78 is 57.1. The minimum atomic E-state index is -4.64. The second-order valence-corrected chi connectivity index (χ2v) is 11.3. The number of benzene rings is 1. The molecule has 0 saturated heterocycles. The summed E-state index contributed by atoms with van der Waals surface area (Å²) in [6.45, 7) is 13.1. The van der Waals surface area contributed by atoms with Gasteiger partial charge in [0.1, 0.15) is 23.4 Å².